The molecule has 24 heavy (non-hydrogen) atoms. The summed E-state index contributed by atoms with van der Waals surface area (Å²) in [6, 6.07) is 8.94. The summed E-state index contributed by atoms with van der Waals surface area (Å²) < 4.78 is 33.8. The third-order valence-electron chi connectivity index (χ3n) is 3.46. The van der Waals surface area contributed by atoms with Crippen LogP contribution in [-0.2, 0) is 11.3 Å². The first-order chi connectivity index (χ1) is 11.5. The summed E-state index contributed by atoms with van der Waals surface area (Å²) in [6.45, 7) is 0.0711. The Morgan fingerprint density at radius 1 is 1.25 bits per heavy atom. The van der Waals surface area contributed by atoms with E-state index in [0.29, 0.717) is 15.6 Å². The fourth-order valence-electron chi connectivity index (χ4n) is 2.41. The smallest absolute Gasteiger partial charge is 0.266 e. The predicted octanol–water partition coefficient (Wildman–Crippen LogP) is 5.23. The highest BCUT2D eigenvalue weighted by Gasteiger charge is 2.21. The highest BCUT2D eigenvalue weighted by atomic mass is 35.5. The number of carbonyl (C=O) groups excluding carboxylic acids is 1. The molecule has 0 spiro atoms. The fourth-order valence-corrected chi connectivity index (χ4v) is 3.70. The number of hydrogen-bond acceptors (Lipinski definition) is 3. The molecule has 1 heterocycles. The van der Waals surface area contributed by atoms with Gasteiger partial charge in [-0.25, -0.2) is 8.78 Å². The van der Waals surface area contributed by atoms with Crippen molar-refractivity contribution >= 4 is 44.6 Å². The van der Waals surface area contributed by atoms with Crippen LogP contribution in [0.1, 0.15) is 15.2 Å². The van der Waals surface area contributed by atoms with E-state index in [1.165, 1.54) is 31.4 Å². The van der Waals surface area contributed by atoms with Gasteiger partial charge in [0.1, 0.15) is 5.82 Å². The molecule has 0 radical (unpaired) electrons. The number of halogens is 3. The van der Waals surface area contributed by atoms with Crippen molar-refractivity contribution in [3.05, 3.63) is 63.5 Å². The molecule has 7 heteroatoms. The number of hydrogen-bond donors (Lipinski definition) is 1. The molecule has 0 saturated carbocycles. The lowest BCUT2D eigenvalue weighted by atomic mass is 10.1. The molecule has 3 nitrogen and oxygen atoms in total. The van der Waals surface area contributed by atoms with Gasteiger partial charge in [0, 0.05) is 22.8 Å². The van der Waals surface area contributed by atoms with Gasteiger partial charge >= 0.3 is 0 Å². The zero-order chi connectivity index (χ0) is 17.3. The van der Waals surface area contributed by atoms with Crippen LogP contribution in [0, 0.1) is 11.6 Å². The topological polar surface area (TPSA) is 38.3 Å². The number of fused-ring (bicyclic) bond motifs is 1. The van der Waals surface area contributed by atoms with E-state index in [0.717, 1.165) is 11.3 Å². The largest absolute Gasteiger partial charge is 0.380 e. The lowest BCUT2D eigenvalue weighted by molar-refractivity contribution is 0.102. The minimum absolute atomic E-state index is 0.0335. The normalized spacial score (nSPS) is 11.0. The van der Waals surface area contributed by atoms with Crippen LogP contribution >= 0.6 is 22.9 Å². The number of methoxy groups -OCH3 is 1. The lowest BCUT2D eigenvalue weighted by Crippen LogP contribution is -2.13. The van der Waals surface area contributed by atoms with Crippen molar-refractivity contribution < 1.29 is 18.3 Å². The van der Waals surface area contributed by atoms with E-state index in [1.54, 1.807) is 12.1 Å². The molecule has 0 aliphatic carbocycles. The van der Waals surface area contributed by atoms with E-state index >= 15 is 0 Å². The summed E-state index contributed by atoms with van der Waals surface area (Å²) in [5.74, 6) is -1.68. The molecule has 1 amide bonds. The van der Waals surface area contributed by atoms with Gasteiger partial charge in [0.05, 0.1) is 22.2 Å². The van der Waals surface area contributed by atoms with E-state index in [4.69, 9.17) is 16.3 Å². The van der Waals surface area contributed by atoms with Crippen molar-refractivity contribution in [2.24, 2.45) is 0 Å². The van der Waals surface area contributed by atoms with E-state index in [1.807, 2.05) is 0 Å². The fraction of sp³-hybridized carbons (Fsp3) is 0.118. The Hall–Kier alpha value is -2.02. The number of thiophene rings is 1. The van der Waals surface area contributed by atoms with Gasteiger partial charge in [0.25, 0.3) is 5.91 Å². The van der Waals surface area contributed by atoms with Crippen molar-refractivity contribution in [2.75, 3.05) is 12.4 Å². The van der Waals surface area contributed by atoms with Crippen LogP contribution in [0.3, 0.4) is 0 Å². The van der Waals surface area contributed by atoms with Crippen LogP contribution < -0.4 is 5.32 Å². The molecular formula is C17H12ClF2NO2S. The monoisotopic (exact) mass is 367 g/mol. The van der Waals surface area contributed by atoms with Gasteiger partial charge in [-0.15, -0.1) is 11.3 Å². The third-order valence-corrected chi connectivity index (χ3v) is 4.95. The van der Waals surface area contributed by atoms with Gasteiger partial charge in [0.2, 0.25) is 0 Å². The number of nitrogens with one attached hydrogen (secondary N) is 1. The summed E-state index contributed by atoms with van der Waals surface area (Å²) in [4.78, 5) is 12.8. The number of carbonyl (C=O) groups is 1. The van der Waals surface area contributed by atoms with Crippen LogP contribution in [-0.4, -0.2) is 13.0 Å². The molecule has 0 fully saturated rings. The van der Waals surface area contributed by atoms with Crippen LogP contribution in [0.5, 0.6) is 0 Å². The molecule has 0 aliphatic heterocycles. The zero-order valence-corrected chi connectivity index (χ0v) is 14.1. The van der Waals surface area contributed by atoms with Gasteiger partial charge in [-0.1, -0.05) is 23.7 Å². The van der Waals surface area contributed by atoms with Crippen molar-refractivity contribution in [3.63, 3.8) is 0 Å². The lowest BCUT2D eigenvalue weighted by Gasteiger charge is -2.08. The maximum absolute atomic E-state index is 14.1. The predicted molar refractivity (Wildman–Crippen MR) is 91.9 cm³/mol. The van der Waals surface area contributed by atoms with Gasteiger partial charge in [-0.05, 0) is 24.3 Å². The van der Waals surface area contributed by atoms with E-state index in [9.17, 15) is 13.6 Å². The SMILES string of the molecule is COCc1c(C(=O)Nc2cccc(Cl)c2F)sc2cccc(F)c12. The van der Waals surface area contributed by atoms with E-state index in [-0.39, 0.29) is 22.2 Å². The first-order valence-corrected chi connectivity index (χ1v) is 8.16. The molecule has 0 saturated heterocycles. The Kier molecular flexibility index (Phi) is 4.80. The third kappa shape index (κ3) is 3.00. The summed E-state index contributed by atoms with van der Waals surface area (Å²) in [6.07, 6.45) is 0. The average molecular weight is 368 g/mol. The highest BCUT2D eigenvalue weighted by Crippen LogP contribution is 2.34. The zero-order valence-electron chi connectivity index (χ0n) is 12.5. The summed E-state index contributed by atoms with van der Waals surface area (Å²) in [7, 11) is 1.46. The second-order valence-corrected chi connectivity index (χ2v) is 6.47. The van der Waals surface area contributed by atoms with Crippen LogP contribution in [0.25, 0.3) is 10.1 Å². The first-order valence-electron chi connectivity index (χ1n) is 6.97. The van der Waals surface area contributed by atoms with Gasteiger partial charge in [-0.2, -0.15) is 0 Å². The summed E-state index contributed by atoms with van der Waals surface area (Å²) in [5.41, 5.74) is 0.407. The Morgan fingerprint density at radius 3 is 2.75 bits per heavy atom. The van der Waals surface area contributed by atoms with Gasteiger partial charge in [0.15, 0.2) is 5.82 Å². The highest BCUT2D eigenvalue weighted by molar-refractivity contribution is 7.21. The van der Waals surface area contributed by atoms with Crippen molar-refractivity contribution in [3.8, 4) is 0 Å². The Morgan fingerprint density at radius 2 is 2.00 bits per heavy atom. The summed E-state index contributed by atoms with van der Waals surface area (Å²) >= 11 is 6.84. The van der Waals surface area contributed by atoms with Crippen molar-refractivity contribution in [1.29, 1.82) is 0 Å². The molecule has 0 unspecified atom stereocenters. The number of rotatable bonds is 4. The molecule has 0 atom stereocenters. The van der Waals surface area contributed by atoms with Gasteiger partial charge in [-0.3, -0.25) is 4.79 Å². The standard InChI is InChI=1S/C17H12ClF2NO2S/c1-23-8-9-14-11(19)5-3-7-13(14)24-16(9)17(22)21-12-6-2-4-10(18)15(12)20/h2-7H,8H2,1H3,(H,21,22). The molecule has 2 aromatic carbocycles. The number of anilines is 1. The molecule has 124 valence electrons. The summed E-state index contributed by atoms with van der Waals surface area (Å²) in [5, 5.41) is 2.74. The quantitative estimate of drug-likeness (QED) is 0.685. The van der Waals surface area contributed by atoms with E-state index < -0.39 is 17.5 Å². The Balaban J connectivity index is 2.05. The van der Waals surface area contributed by atoms with Gasteiger partial charge < -0.3 is 10.1 Å². The van der Waals surface area contributed by atoms with Crippen LogP contribution in [0.4, 0.5) is 14.5 Å². The molecule has 1 aromatic heterocycles. The van der Waals surface area contributed by atoms with Crippen molar-refractivity contribution in [1.82, 2.24) is 0 Å². The van der Waals surface area contributed by atoms with Crippen molar-refractivity contribution in [2.45, 2.75) is 6.61 Å². The average Bonchev–Trinajstić information content (AvgIpc) is 2.92. The van der Waals surface area contributed by atoms with E-state index in [2.05, 4.69) is 5.32 Å². The Bertz CT molecular complexity index is 926. The van der Waals surface area contributed by atoms with Crippen LogP contribution in [0.15, 0.2) is 36.4 Å². The second-order valence-electron chi connectivity index (χ2n) is 5.01. The maximum atomic E-state index is 14.1. The number of ether oxygens (including phenoxy) is 1. The molecular weight excluding hydrogens is 356 g/mol. The molecule has 3 rings (SSSR count). The molecule has 0 bridgehead atoms. The van der Waals surface area contributed by atoms with Crippen LogP contribution in [0.2, 0.25) is 5.02 Å². The first kappa shape index (κ1) is 16.8. The maximum Gasteiger partial charge on any atom is 0.266 e. The number of amides is 1. The molecule has 1 N–H and O–H groups in total. The Labute approximate surface area is 145 Å². The second kappa shape index (κ2) is 6.84. The minimum Gasteiger partial charge on any atom is -0.380 e. The molecule has 0 aliphatic rings. The molecule has 3 aromatic rings. The minimum atomic E-state index is -0.715. The number of benzene rings is 2.